The van der Waals surface area contributed by atoms with Crippen LogP contribution in [0.1, 0.15) is 27.6 Å². The zero-order valence-corrected chi connectivity index (χ0v) is 8.78. The maximum absolute atomic E-state index is 10.8. The number of carboxylic acids is 1. The van der Waals surface area contributed by atoms with Crippen LogP contribution in [0.15, 0.2) is 12.1 Å². The molecule has 1 aromatic rings. The van der Waals surface area contributed by atoms with Gasteiger partial charge in [0, 0.05) is 11.6 Å². The molecule has 1 atom stereocenters. The van der Waals surface area contributed by atoms with Crippen LogP contribution in [-0.2, 0) is 4.79 Å². The fourth-order valence-corrected chi connectivity index (χ4v) is 1.50. The summed E-state index contributed by atoms with van der Waals surface area (Å²) in [5.41, 5.74) is -0.889. The number of aldehydes is 1. The number of carbonyl (C=O) groups excluding carboxylic acids is 1. The topological polar surface area (TPSA) is 118 Å². The molecule has 0 amide bonds. The first kappa shape index (κ1) is 12.8. The Morgan fingerprint density at radius 3 is 2.53 bits per heavy atom. The highest BCUT2D eigenvalue weighted by molar-refractivity contribution is 5.88. The zero-order valence-electron chi connectivity index (χ0n) is 8.78. The Labute approximate surface area is 95.5 Å². The second-order valence-electron chi connectivity index (χ2n) is 3.34. The van der Waals surface area contributed by atoms with Crippen molar-refractivity contribution in [1.29, 1.82) is 0 Å². The molecule has 7 heteroatoms. The van der Waals surface area contributed by atoms with Crippen molar-refractivity contribution in [1.82, 2.24) is 0 Å². The number of nitro groups is 1. The smallest absolute Gasteiger partial charge is 0.337 e. The average molecular weight is 239 g/mol. The molecular formula is C10H9NO6. The monoisotopic (exact) mass is 239 g/mol. The van der Waals surface area contributed by atoms with Crippen molar-refractivity contribution in [3.8, 4) is 0 Å². The second-order valence-corrected chi connectivity index (χ2v) is 3.34. The molecule has 0 saturated carbocycles. The quantitative estimate of drug-likeness (QED) is 0.456. The number of aliphatic hydroxyl groups excluding tert-OH is 1. The Bertz CT molecular complexity index is 496. The van der Waals surface area contributed by atoms with Gasteiger partial charge in [-0.05, 0) is 12.5 Å². The molecule has 0 aliphatic heterocycles. The van der Waals surface area contributed by atoms with Gasteiger partial charge in [0.1, 0.15) is 0 Å². The number of carbonyl (C=O) groups is 2. The predicted octanol–water partition coefficient (Wildman–Crippen LogP) is 0.834. The van der Waals surface area contributed by atoms with Crippen LogP contribution in [-0.4, -0.2) is 27.4 Å². The highest BCUT2D eigenvalue weighted by atomic mass is 16.6. The number of hydrogen-bond donors (Lipinski definition) is 2. The molecule has 1 unspecified atom stereocenters. The first-order valence-electron chi connectivity index (χ1n) is 4.54. The Morgan fingerprint density at radius 1 is 1.53 bits per heavy atom. The van der Waals surface area contributed by atoms with Gasteiger partial charge in [-0.3, -0.25) is 14.9 Å². The summed E-state index contributed by atoms with van der Waals surface area (Å²) in [7, 11) is 0. The lowest BCUT2D eigenvalue weighted by Gasteiger charge is -2.11. The van der Waals surface area contributed by atoms with Crippen molar-refractivity contribution in [2.75, 3.05) is 0 Å². The molecule has 0 aliphatic carbocycles. The van der Waals surface area contributed by atoms with Crippen molar-refractivity contribution >= 4 is 17.9 Å². The molecule has 0 bridgehead atoms. The Balaban J connectivity index is 3.56. The number of carboxylic acid groups (broad SMARTS) is 1. The third kappa shape index (κ3) is 2.28. The summed E-state index contributed by atoms with van der Waals surface area (Å²) in [4.78, 5) is 31.3. The number of nitrogens with zero attached hydrogens (tertiary/aromatic N) is 1. The van der Waals surface area contributed by atoms with Crippen LogP contribution in [0.2, 0.25) is 0 Å². The summed E-state index contributed by atoms with van der Waals surface area (Å²) < 4.78 is 0. The minimum Gasteiger partial charge on any atom is -0.479 e. The van der Waals surface area contributed by atoms with Crippen LogP contribution in [0.25, 0.3) is 0 Å². The fraction of sp³-hybridized carbons (Fsp3) is 0.200. The van der Waals surface area contributed by atoms with Crippen LogP contribution in [0, 0.1) is 17.0 Å². The molecule has 90 valence electrons. The van der Waals surface area contributed by atoms with E-state index in [1.807, 2.05) is 0 Å². The Morgan fingerprint density at radius 2 is 2.12 bits per heavy atom. The molecule has 1 rings (SSSR count). The Kier molecular flexibility index (Phi) is 3.54. The van der Waals surface area contributed by atoms with Gasteiger partial charge in [0.2, 0.25) is 0 Å². The molecule has 0 aromatic heterocycles. The Hall–Kier alpha value is -2.28. The van der Waals surface area contributed by atoms with Crippen molar-refractivity contribution < 1.29 is 24.7 Å². The summed E-state index contributed by atoms with van der Waals surface area (Å²) in [6.45, 7) is 1.46. The molecule has 0 aliphatic rings. The normalized spacial score (nSPS) is 11.9. The number of aliphatic hydroxyl groups is 1. The van der Waals surface area contributed by atoms with Gasteiger partial charge in [0.05, 0.1) is 10.5 Å². The van der Waals surface area contributed by atoms with Crippen LogP contribution >= 0.6 is 0 Å². The van der Waals surface area contributed by atoms with Crippen molar-refractivity contribution in [3.63, 3.8) is 0 Å². The van der Waals surface area contributed by atoms with Gasteiger partial charge in [-0.15, -0.1) is 0 Å². The van der Waals surface area contributed by atoms with E-state index in [4.69, 9.17) is 5.11 Å². The molecule has 0 spiro atoms. The second kappa shape index (κ2) is 4.71. The largest absolute Gasteiger partial charge is 0.479 e. The number of aliphatic carboxylic acids is 1. The maximum atomic E-state index is 10.8. The van der Waals surface area contributed by atoms with Gasteiger partial charge in [-0.25, -0.2) is 4.79 Å². The van der Waals surface area contributed by atoms with Crippen molar-refractivity contribution in [2.24, 2.45) is 0 Å². The van der Waals surface area contributed by atoms with E-state index in [9.17, 15) is 24.8 Å². The van der Waals surface area contributed by atoms with Crippen LogP contribution in [0.3, 0.4) is 0 Å². The lowest BCUT2D eigenvalue weighted by molar-refractivity contribution is -0.385. The van der Waals surface area contributed by atoms with E-state index in [2.05, 4.69) is 0 Å². The molecule has 17 heavy (non-hydrogen) atoms. The molecule has 1 aromatic carbocycles. The molecule has 2 N–H and O–H groups in total. The van der Waals surface area contributed by atoms with E-state index >= 15 is 0 Å². The van der Waals surface area contributed by atoms with Crippen molar-refractivity contribution in [3.05, 3.63) is 38.9 Å². The van der Waals surface area contributed by atoms with Gasteiger partial charge >= 0.3 is 5.97 Å². The number of rotatable bonds is 4. The van der Waals surface area contributed by atoms with Crippen molar-refractivity contribution in [2.45, 2.75) is 13.0 Å². The summed E-state index contributed by atoms with van der Waals surface area (Å²) in [5, 5.41) is 28.7. The van der Waals surface area contributed by atoms with E-state index in [0.717, 1.165) is 6.07 Å². The number of hydrogen-bond acceptors (Lipinski definition) is 5. The minimum atomic E-state index is -1.96. The molecule has 0 fully saturated rings. The third-order valence-corrected chi connectivity index (χ3v) is 2.30. The maximum Gasteiger partial charge on any atom is 0.337 e. The number of aryl methyl sites for hydroxylation is 1. The average Bonchev–Trinajstić information content (AvgIpc) is 2.26. The lowest BCUT2D eigenvalue weighted by Crippen LogP contribution is -2.15. The summed E-state index contributed by atoms with van der Waals surface area (Å²) in [6.07, 6.45) is -1.79. The summed E-state index contributed by atoms with van der Waals surface area (Å²) in [5.74, 6) is -1.57. The molecule has 0 heterocycles. The zero-order chi connectivity index (χ0) is 13.2. The van der Waals surface area contributed by atoms with Gasteiger partial charge in [0.15, 0.2) is 12.4 Å². The van der Waals surface area contributed by atoms with E-state index in [1.165, 1.54) is 13.0 Å². The third-order valence-electron chi connectivity index (χ3n) is 2.30. The number of nitro benzene ring substituents is 1. The highest BCUT2D eigenvalue weighted by Crippen LogP contribution is 2.28. The fourth-order valence-electron chi connectivity index (χ4n) is 1.50. The first-order chi connectivity index (χ1) is 7.90. The van der Waals surface area contributed by atoms with E-state index < -0.39 is 28.2 Å². The molecule has 0 radical (unpaired) electrons. The minimum absolute atomic E-state index is 0.173. The van der Waals surface area contributed by atoms with Gasteiger partial charge < -0.3 is 10.2 Å². The summed E-state index contributed by atoms with van der Waals surface area (Å²) >= 11 is 0. The SMILES string of the molecule is Cc1ccc([N+](=O)[O-])c(C=O)c1C(O)C(=O)O. The molecule has 7 nitrogen and oxygen atoms in total. The van der Waals surface area contributed by atoms with Crippen LogP contribution in [0.5, 0.6) is 0 Å². The van der Waals surface area contributed by atoms with Crippen LogP contribution in [0.4, 0.5) is 5.69 Å². The molecular weight excluding hydrogens is 230 g/mol. The van der Waals surface area contributed by atoms with Gasteiger partial charge in [-0.1, -0.05) is 6.07 Å². The molecule has 0 saturated heterocycles. The van der Waals surface area contributed by atoms with E-state index in [1.54, 1.807) is 0 Å². The standard InChI is InChI=1S/C10H9NO6/c1-5-2-3-7(11(16)17)6(4-12)8(5)9(13)10(14)15/h2-4,9,13H,1H3,(H,14,15). The first-order valence-corrected chi connectivity index (χ1v) is 4.54. The summed E-state index contributed by atoms with van der Waals surface area (Å²) in [6, 6.07) is 2.38. The highest BCUT2D eigenvalue weighted by Gasteiger charge is 2.27. The van der Waals surface area contributed by atoms with E-state index in [0.29, 0.717) is 5.56 Å². The lowest BCUT2D eigenvalue weighted by atomic mass is 9.96. The van der Waals surface area contributed by atoms with Gasteiger partial charge in [-0.2, -0.15) is 0 Å². The van der Waals surface area contributed by atoms with Crippen LogP contribution < -0.4 is 0 Å². The van der Waals surface area contributed by atoms with E-state index in [-0.39, 0.29) is 11.8 Å². The predicted molar refractivity (Wildman–Crippen MR) is 55.8 cm³/mol. The van der Waals surface area contributed by atoms with Gasteiger partial charge in [0.25, 0.3) is 5.69 Å². The number of benzene rings is 1.